The van der Waals surface area contributed by atoms with Crippen molar-refractivity contribution >= 4 is 21.4 Å². The smallest absolute Gasteiger partial charge is 0.291 e. The summed E-state index contributed by atoms with van der Waals surface area (Å²) in [7, 11) is -2.27. The Labute approximate surface area is 116 Å². The molecule has 1 aliphatic heterocycles. The summed E-state index contributed by atoms with van der Waals surface area (Å²) in [5.74, 6) is 0. The van der Waals surface area contributed by atoms with Gasteiger partial charge in [-0.15, -0.1) is 0 Å². The van der Waals surface area contributed by atoms with Crippen LogP contribution in [0.1, 0.15) is 0 Å². The second-order valence-corrected chi connectivity index (χ2v) is 6.11. The first-order valence-corrected chi connectivity index (χ1v) is 7.45. The Bertz CT molecular complexity index is 610. The summed E-state index contributed by atoms with van der Waals surface area (Å²) in [6, 6.07) is 3.97. The number of hydrogen-bond acceptors (Lipinski definition) is 6. The number of nitrogens with one attached hydrogen (secondary N) is 1. The van der Waals surface area contributed by atoms with E-state index in [0.717, 1.165) is 0 Å². The summed E-state index contributed by atoms with van der Waals surface area (Å²) in [5, 5.41) is 13.8. The van der Waals surface area contributed by atoms with Crippen LogP contribution in [0.3, 0.4) is 0 Å². The van der Waals surface area contributed by atoms with Crippen molar-refractivity contribution in [3.63, 3.8) is 0 Å². The standard InChI is InChI=1S/C11H15N3O5S/c1-12-9-2-3-11(10(8-9)14(15)16)20(17,18)13-4-6-19-7-5-13/h2-3,8,12H,4-7H2,1H3. The van der Waals surface area contributed by atoms with Crippen molar-refractivity contribution in [2.75, 3.05) is 38.7 Å². The lowest BCUT2D eigenvalue weighted by molar-refractivity contribution is -0.387. The highest BCUT2D eigenvalue weighted by Gasteiger charge is 2.32. The van der Waals surface area contributed by atoms with E-state index in [1.54, 1.807) is 7.05 Å². The van der Waals surface area contributed by atoms with Gasteiger partial charge in [0.2, 0.25) is 10.0 Å². The van der Waals surface area contributed by atoms with Crippen LogP contribution in [-0.2, 0) is 14.8 Å². The van der Waals surface area contributed by atoms with Crippen molar-refractivity contribution in [1.82, 2.24) is 4.31 Å². The first-order chi connectivity index (χ1) is 9.46. The zero-order valence-corrected chi connectivity index (χ0v) is 11.7. The maximum Gasteiger partial charge on any atom is 0.291 e. The molecular weight excluding hydrogens is 286 g/mol. The summed E-state index contributed by atoms with van der Waals surface area (Å²) in [6.07, 6.45) is 0. The van der Waals surface area contributed by atoms with E-state index in [2.05, 4.69) is 5.32 Å². The topological polar surface area (TPSA) is 102 Å². The van der Waals surface area contributed by atoms with Gasteiger partial charge in [-0.25, -0.2) is 8.42 Å². The normalized spacial score (nSPS) is 16.9. The first kappa shape index (κ1) is 14.7. The molecule has 0 aliphatic carbocycles. The molecule has 0 radical (unpaired) electrons. The predicted molar refractivity (Wildman–Crippen MR) is 72.2 cm³/mol. The highest BCUT2D eigenvalue weighted by Crippen LogP contribution is 2.29. The number of nitro benzene ring substituents is 1. The molecule has 1 aromatic carbocycles. The minimum atomic E-state index is -3.88. The minimum Gasteiger partial charge on any atom is -0.388 e. The molecule has 1 N–H and O–H groups in total. The van der Waals surface area contributed by atoms with Crippen LogP contribution in [0, 0.1) is 10.1 Å². The molecule has 0 bridgehead atoms. The van der Waals surface area contributed by atoms with Gasteiger partial charge < -0.3 is 10.1 Å². The Morgan fingerprint density at radius 2 is 2.00 bits per heavy atom. The number of morpholine rings is 1. The van der Waals surface area contributed by atoms with Crippen molar-refractivity contribution in [3.8, 4) is 0 Å². The lowest BCUT2D eigenvalue weighted by Gasteiger charge is -2.25. The van der Waals surface area contributed by atoms with Crippen LogP contribution < -0.4 is 5.32 Å². The number of anilines is 1. The average molecular weight is 301 g/mol. The molecule has 1 heterocycles. The Kier molecular flexibility index (Phi) is 4.21. The summed E-state index contributed by atoms with van der Waals surface area (Å²) in [4.78, 5) is 10.1. The van der Waals surface area contributed by atoms with E-state index in [0.29, 0.717) is 18.9 Å². The van der Waals surface area contributed by atoms with Gasteiger partial charge in [0, 0.05) is 31.9 Å². The quantitative estimate of drug-likeness (QED) is 0.647. The van der Waals surface area contributed by atoms with E-state index < -0.39 is 20.6 Å². The number of nitrogens with zero attached hydrogens (tertiary/aromatic N) is 2. The predicted octanol–water partition coefficient (Wildman–Crippen LogP) is 0.657. The van der Waals surface area contributed by atoms with E-state index in [4.69, 9.17) is 4.74 Å². The fourth-order valence-electron chi connectivity index (χ4n) is 1.96. The lowest BCUT2D eigenvalue weighted by Crippen LogP contribution is -2.40. The van der Waals surface area contributed by atoms with E-state index in [9.17, 15) is 18.5 Å². The van der Waals surface area contributed by atoms with Crippen LogP contribution in [-0.4, -0.2) is 51.0 Å². The van der Waals surface area contributed by atoms with E-state index in [1.165, 1.54) is 22.5 Å². The van der Waals surface area contributed by atoms with Crippen molar-refractivity contribution in [3.05, 3.63) is 28.3 Å². The second-order valence-electron chi connectivity index (χ2n) is 4.21. The molecule has 0 amide bonds. The molecule has 1 aromatic rings. The fourth-order valence-corrected chi connectivity index (χ4v) is 3.51. The highest BCUT2D eigenvalue weighted by molar-refractivity contribution is 7.89. The zero-order valence-electron chi connectivity index (χ0n) is 10.9. The number of nitro groups is 1. The van der Waals surface area contributed by atoms with Gasteiger partial charge in [-0.3, -0.25) is 10.1 Å². The molecule has 0 spiro atoms. The van der Waals surface area contributed by atoms with E-state index in [-0.39, 0.29) is 18.0 Å². The first-order valence-electron chi connectivity index (χ1n) is 6.01. The lowest BCUT2D eigenvalue weighted by atomic mass is 10.3. The van der Waals surface area contributed by atoms with Crippen LogP contribution in [0.15, 0.2) is 23.1 Å². The second kappa shape index (κ2) is 5.73. The molecule has 9 heteroatoms. The van der Waals surface area contributed by atoms with Crippen molar-refractivity contribution in [2.24, 2.45) is 0 Å². The largest absolute Gasteiger partial charge is 0.388 e. The molecule has 110 valence electrons. The van der Waals surface area contributed by atoms with Gasteiger partial charge in [0.05, 0.1) is 18.1 Å². The molecule has 2 rings (SSSR count). The third-order valence-electron chi connectivity index (χ3n) is 3.03. The summed E-state index contributed by atoms with van der Waals surface area (Å²) >= 11 is 0. The molecule has 1 fully saturated rings. The van der Waals surface area contributed by atoms with Crippen LogP contribution in [0.2, 0.25) is 0 Å². The molecule has 8 nitrogen and oxygen atoms in total. The maximum atomic E-state index is 12.5. The molecule has 0 aromatic heterocycles. The van der Waals surface area contributed by atoms with Gasteiger partial charge in [0.15, 0.2) is 4.90 Å². The molecule has 0 atom stereocenters. The molecule has 1 saturated heterocycles. The third-order valence-corrected chi connectivity index (χ3v) is 4.98. The molecule has 20 heavy (non-hydrogen) atoms. The van der Waals surface area contributed by atoms with Gasteiger partial charge in [0.25, 0.3) is 5.69 Å². The molecule has 1 aliphatic rings. The zero-order chi connectivity index (χ0) is 14.8. The average Bonchev–Trinajstić information content (AvgIpc) is 2.47. The Balaban J connectivity index is 2.47. The Hall–Kier alpha value is -1.71. The number of benzene rings is 1. The van der Waals surface area contributed by atoms with Gasteiger partial charge in [-0.2, -0.15) is 4.31 Å². The minimum absolute atomic E-state index is 0.202. The number of sulfonamides is 1. The number of hydrogen-bond donors (Lipinski definition) is 1. The van der Waals surface area contributed by atoms with E-state index >= 15 is 0 Å². The molecule has 0 saturated carbocycles. The van der Waals surface area contributed by atoms with Gasteiger partial charge >= 0.3 is 0 Å². The summed E-state index contributed by atoms with van der Waals surface area (Å²) in [5.41, 5.74) is 0.0565. The van der Waals surface area contributed by atoms with E-state index in [1.807, 2.05) is 0 Å². The highest BCUT2D eigenvalue weighted by atomic mass is 32.2. The number of rotatable bonds is 4. The number of ether oxygens (including phenoxy) is 1. The third kappa shape index (κ3) is 2.74. The van der Waals surface area contributed by atoms with Crippen molar-refractivity contribution in [2.45, 2.75) is 4.90 Å². The summed E-state index contributed by atoms with van der Waals surface area (Å²) in [6.45, 7) is 0.990. The maximum absolute atomic E-state index is 12.5. The van der Waals surface area contributed by atoms with Gasteiger partial charge in [-0.1, -0.05) is 0 Å². The van der Waals surface area contributed by atoms with Crippen LogP contribution in [0.25, 0.3) is 0 Å². The van der Waals surface area contributed by atoms with Crippen molar-refractivity contribution in [1.29, 1.82) is 0 Å². The van der Waals surface area contributed by atoms with Crippen LogP contribution >= 0.6 is 0 Å². The Morgan fingerprint density at radius 1 is 1.35 bits per heavy atom. The van der Waals surface area contributed by atoms with Gasteiger partial charge in [-0.05, 0) is 12.1 Å². The SMILES string of the molecule is CNc1ccc(S(=O)(=O)N2CCOCC2)c([N+](=O)[O-])c1. The van der Waals surface area contributed by atoms with Crippen LogP contribution in [0.5, 0.6) is 0 Å². The van der Waals surface area contributed by atoms with Crippen LogP contribution in [0.4, 0.5) is 11.4 Å². The Morgan fingerprint density at radius 3 is 2.55 bits per heavy atom. The summed E-state index contributed by atoms with van der Waals surface area (Å²) < 4.78 is 31.2. The van der Waals surface area contributed by atoms with Crippen molar-refractivity contribution < 1.29 is 18.1 Å². The fraction of sp³-hybridized carbons (Fsp3) is 0.455. The molecular formula is C11H15N3O5S. The molecule has 0 unspecified atom stereocenters. The monoisotopic (exact) mass is 301 g/mol. The van der Waals surface area contributed by atoms with Gasteiger partial charge in [0.1, 0.15) is 0 Å².